The molecule has 2 aromatic carbocycles. The fourth-order valence-electron chi connectivity index (χ4n) is 2.81. The highest BCUT2D eigenvalue weighted by Gasteiger charge is 2.23. The molecule has 1 N–H and O–H groups in total. The topological polar surface area (TPSA) is 77.1 Å². The molecule has 9 heteroatoms. The summed E-state index contributed by atoms with van der Waals surface area (Å²) in [6, 6.07) is 8.98. The highest BCUT2D eigenvalue weighted by molar-refractivity contribution is 7.92. The maximum atomic E-state index is 14.3. The smallest absolute Gasteiger partial charge is 0.264 e. The summed E-state index contributed by atoms with van der Waals surface area (Å²) in [5.41, 5.74) is 1.31. The van der Waals surface area contributed by atoms with Crippen molar-refractivity contribution in [2.75, 3.05) is 50.1 Å². The first kappa shape index (κ1) is 19.2. The minimum Gasteiger partial charge on any atom is -0.493 e. The molecule has 0 bridgehead atoms. The Bertz CT molecular complexity index is 897. The third-order valence-electron chi connectivity index (χ3n) is 4.22. The summed E-state index contributed by atoms with van der Waals surface area (Å²) in [4.78, 5) is 1.63. The van der Waals surface area contributed by atoms with Gasteiger partial charge in [-0.2, -0.15) is 0 Å². The summed E-state index contributed by atoms with van der Waals surface area (Å²) in [7, 11) is -1.44. The van der Waals surface area contributed by atoms with Gasteiger partial charge in [-0.3, -0.25) is 4.72 Å². The molecule has 0 atom stereocenters. The summed E-state index contributed by atoms with van der Waals surface area (Å²) in [5, 5.41) is 0. The molecule has 1 fully saturated rings. The number of rotatable bonds is 6. The molecule has 7 nitrogen and oxygen atoms in total. The number of hydrogen-bond donors (Lipinski definition) is 1. The molecule has 0 aromatic heterocycles. The Morgan fingerprint density at radius 3 is 2.22 bits per heavy atom. The third-order valence-corrected chi connectivity index (χ3v) is 5.62. The van der Waals surface area contributed by atoms with Crippen molar-refractivity contribution in [2.24, 2.45) is 0 Å². The largest absolute Gasteiger partial charge is 0.493 e. The zero-order chi connectivity index (χ0) is 19.4. The van der Waals surface area contributed by atoms with Crippen LogP contribution in [0.15, 0.2) is 41.3 Å². The zero-order valence-electron chi connectivity index (χ0n) is 15.1. The van der Waals surface area contributed by atoms with E-state index in [0.29, 0.717) is 18.9 Å². The Balaban J connectivity index is 1.82. The first-order chi connectivity index (χ1) is 12.9. The molecule has 0 radical (unpaired) electrons. The number of nitrogens with zero attached hydrogens (tertiary/aromatic N) is 1. The van der Waals surface area contributed by atoms with E-state index in [-0.39, 0.29) is 11.5 Å². The van der Waals surface area contributed by atoms with Crippen LogP contribution in [0.25, 0.3) is 0 Å². The number of ether oxygens (including phenoxy) is 3. The monoisotopic (exact) mass is 396 g/mol. The quantitative estimate of drug-likeness (QED) is 0.808. The van der Waals surface area contributed by atoms with Gasteiger partial charge in [-0.05, 0) is 24.3 Å². The van der Waals surface area contributed by atoms with E-state index in [1.807, 2.05) is 12.1 Å². The lowest BCUT2D eigenvalue weighted by molar-refractivity contribution is 0.122. The van der Waals surface area contributed by atoms with E-state index in [1.54, 1.807) is 12.1 Å². The first-order valence-corrected chi connectivity index (χ1v) is 9.80. The molecule has 0 amide bonds. The predicted octanol–water partition coefficient (Wildman–Crippen LogP) is 2.48. The second-order valence-corrected chi connectivity index (χ2v) is 7.54. The van der Waals surface area contributed by atoms with Crippen molar-refractivity contribution < 1.29 is 27.0 Å². The van der Waals surface area contributed by atoms with Crippen LogP contribution in [0.2, 0.25) is 0 Å². The van der Waals surface area contributed by atoms with Crippen molar-refractivity contribution in [1.29, 1.82) is 0 Å². The maximum Gasteiger partial charge on any atom is 0.264 e. The number of halogens is 1. The van der Waals surface area contributed by atoms with Gasteiger partial charge in [0.1, 0.15) is 10.7 Å². The van der Waals surface area contributed by atoms with Gasteiger partial charge in [0, 0.05) is 36.6 Å². The molecule has 0 spiro atoms. The molecule has 27 heavy (non-hydrogen) atoms. The molecule has 3 rings (SSSR count). The van der Waals surface area contributed by atoms with Gasteiger partial charge in [0.15, 0.2) is 11.5 Å². The Kier molecular flexibility index (Phi) is 5.71. The Hall–Kier alpha value is -2.52. The fraction of sp³-hybridized carbons (Fsp3) is 0.333. The normalized spacial score (nSPS) is 14.7. The lowest BCUT2D eigenvalue weighted by Gasteiger charge is -2.28. The molecule has 0 aliphatic carbocycles. The van der Waals surface area contributed by atoms with Crippen LogP contribution in [-0.4, -0.2) is 48.9 Å². The molecule has 1 heterocycles. The van der Waals surface area contributed by atoms with E-state index in [4.69, 9.17) is 14.2 Å². The predicted molar refractivity (Wildman–Crippen MR) is 99.8 cm³/mol. The standard InChI is InChI=1S/C18H21FN2O5S/c1-24-16-11-15(19)18(12-17(16)25-2)27(22,23)20-13-3-5-14(6-4-13)21-7-9-26-10-8-21/h3-6,11-12,20H,7-10H2,1-2H3. The number of methoxy groups -OCH3 is 2. The fourth-order valence-corrected chi connectivity index (χ4v) is 3.95. The van der Waals surface area contributed by atoms with Crippen molar-refractivity contribution in [3.8, 4) is 11.5 Å². The minimum absolute atomic E-state index is 0.115. The molecular formula is C18H21FN2O5S. The lowest BCUT2D eigenvalue weighted by atomic mass is 10.2. The van der Waals surface area contributed by atoms with Gasteiger partial charge in [0.25, 0.3) is 10.0 Å². The highest BCUT2D eigenvalue weighted by atomic mass is 32.2. The van der Waals surface area contributed by atoms with Crippen LogP contribution in [0.3, 0.4) is 0 Å². The van der Waals surface area contributed by atoms with E-state index in [9.17, 15) is 12.8 Å². The van der Waals surface area contributed by atoms with Crippen molar-refractivity contribution in [1.82, 2.24) is 0 Å². The number of nitrogens with one attached hydrogen (secondary N) is 1. The molecule has 1 aliphatic rings. The average Bonchev–Trinajstić information content (AvgIpc) is 2.68. The van der Waals surface area contributed by atoms with Crippen molar-refractivity contribution >= 4 is 21.4 Å². The van der Waals surface area contributed by atoms with Crippen molar-refractivity contribution in [3.63, 3.8) is 0 Å². The number of hydrogen-bond acceptors (Lipinski definition) is 6. The highest BCUT2D eigenvalue weighted by Crippen LogP contribution is 2.32. The van der Waals surface area contributed by atoms with Gasteiger partial charge in [-0.15, -0.1) is 0 Å². The molecule has 0 unspecified atom stereocenters. The third kappa shape index (κ3) is 4.25. The molecule has 146 valence electrons. The van der Waals surface area contributed by atoms with Crippen LogP contribution in [-0.2, 0) is 14.8 Å². The first-order valence-electron chi connectivity index (χ1n) is 8.31. The van der Waals surface area contributed by atoms with E-state index < -0.39 is 20.7 Å². The number of morpholine rings is 1. The summed E-state index contributed by atoms with van der Waals surface area (Å²) in [6.45, 7) is 2.88. The van der Waals surface area contributed by atoms with E-state index >= 15 is 0 Å². The Labute approximate surface area is 157 Å². The van der Waals surface area contributed by atoms with Crippen molar-refractivity contribution in [2.45, 2.75) is 4.90 Å². The van der Waals surface area contributed by atoms with Gasteiger partial charge in [0.2, 0.25) is 0 Å². The van der Waals surface area contributed by atoms with Crippen molar-refractivity contribution in [3.05, 3.63) is 42.2 Å². The Morgan fingerprint density at radius 2 is 1.63 bits per heavy atom. The van der Waals surface area contributed by atoms with Gasteiger partial charge >= 0.3 is 0 Å². The molecule has 0 saturated carbocycles. The second kappa shape index (κ2) is 8.01. The van der Waals surface area contributed by atoms with Crippen LogP contribution in [0.1, 0.15) is 0 Å². The Morgan fingerprint density at radius 1 is 1.04 bits per heavy atom. The van der Waals surface area contributed by atoms with Gasteiger partial charge in [-0.1, -0.05) is 0 Å². The summed E-state index contributed by atoms with van der Waals surface area (Å²) in [6.07, 6.45) is 0. The van der Waals surface area contributed by atoms with Gasteiger partial charge in [-0.25, -0.2) is 12.8 Å². The van der Waals surface area contributed by atoms with Crippen LogP contribution in [0.5, 0.6) is 11.5 Å². The van der Waals surface area contributed by atoms with Crippen LogP contribution in [0, 0.1) is 5.82 Å². The van der Waals surface area contributed by atoms with E-state index in [1.165, 1.54) is 14.2 Å². The molecule has 1 saturated heterocycles. The van der Waals surface area contributed by atoms with Gasteiger partial charge < -0.3 is 19.1 Å². The SMILES string of the molecule is COc1cc(F)c(S(=O)(=O)Nc2ccc(N3CCOCC3)cc2)cc1OC. The van der Waals surface area contributed by atoms with E-state index in [0.717, 1.165) is 30.9 Å². The second-order valence-electron chi connectivity index (χ2n) is 5.89. The van der Waals surface area contributed by atoms with Crippen LogP contribution >= 0.6 is 0 Å². The number of sulfonamides is 1. The van der Waals surface area contributed by atoms with Crippen LogP contribution in [0.4, 0.5) is 15.8 Å². The van der Waals surface area contributed by atoms with Gasteiger partial charge in [0.05, 0.1) is 27.4 Å². The zero-order valence-corrected chi connectivity index (χ0v) is 15.9. The summed E-state index contributed by atoms with van der Waals surface area (Å²) >= 11 is 0. The molecule has 1 aliphatic heterocycles. The molecule has 2 aromatic rings. The minimum atomic E-state index is -4.13. The number of anilines is 2. The van der Waals surface area contributed by atoms with E-state index in [2.05, 4.69) is 9.62 Å². The molecular weight excluding hydrogens is 375 g/mol. The van der Waals surface area contributed by atoms with Crippen LogP contribution < -0.4 is 19.1 Å². The maximum absolute atomic E-state index is 14.3. The average molecular weight is 396 g/mol. The summed E-state index contributed by atoms with van der Waals surface area (Å²) < 4.78 is 57.2. The lowest BCUT2D eigenvalue weighted by Crippen LogP contribution is -2.36. The summed E-state index contributed by atoms with van der Waals surface area (Å²) in [5.74, 6) is -0.684. The number of benzene rings is 2.